The number of alkyl halides is 3. The number of rotatable bonds is 4. The topological polar surface area (TPSA) is 55.1 Å². The van der Waals surface area contributed by atoms with Gasteiger partial charge in [-0.2, -0.15) is 13.2 Å². The first-order valence-electron chi connectivity index (χ1n) is 5.55. The van der Waals surface area contributed by atoms with E-state index in [1.807, 2.05) is 0 Å². The summed E-state index contributed by atoms with van der Waals surface area (Å²) in [6.07, 6.45) is -4.82. The fourth-order valence-corrected chi connectivity index (χ4v) is 1.62. The molecule has 0 fully saturated rings. The SMILES string of the molecule is CC(C)NC(C(N)=O)c1ccc(F)c(C(F)(F)F)c1. The van der Waals surface area contributed by atoms with E-state index in [1.54, 1.807) is 13.8 Å². The first-order chi connectivity index (χ1) is 8.62. The average Bonchev–Trinajstić information content (AvgIpc) is 2.24. The van der Waals surface area contributed by atoms with Crippen LogP contribution in [0.1, 0.15) is 31.0 Å². The molecule has 0 spiro atoms. The standard InChI is InChI=1S/C12H14F4N2O/c1-6(2)18-10(11(17)19)7-3-4-9(13)8(5-7)12(14,15)16/h3-6,10,18H,1-2H3,(H2,17,19). The Bertz CT molecular complexity index is 471. The van der Waals surface area contributed by atoms with E-state index in [-0.39, 0.29) is 11.6 Å². The molecule has 106 valence electrons. The number of nitrogens with one attached hydrogen (secondary N) is 1. The van der Waals surface area contributed by atoms with E-state index in [9.17, 15) is 22.4 Å². The van der Waals surface area contributed by atoms with Gasteiger partial charge in [-0.1, -0.05) is 6.07 Å². The fraction of sp³-hybridized carbons (Fsp3) is 0.417. The number of primary amides is 1. The second-order valence-electron chi connectivity index (χ2n) is 4.39. The monoisotopic (exact) mass is 278 g/mol. The minimum Gasteiger partial charge on any atom is -0.368 e. The summed E-state index contributed by atoms with van der Waals surface area (Å²) in [7, 11) is 0. The molecular weight excluding hydrogens is 264 g/mol. The van der Waals surface area contributed by atoms with E-state index in [0.29, 0.717) is 12.1 Å². The second-order valence-corrected chi connectivity index (χ2v) is 4.39. The van der Waals surface area contributed by atoms with Gasteiger partial charge in [0.25, 0.3) is 0 Å². The number of carbonyl (C=O) groups excluding carboxylic acids is 1. The molecule has 7 heteroatoms. The lowest BCUT2D eigenvalue weighted by Gasteiger charge is -2.20. The zero-order valence-corrected chi connectivity index (χ0v) is 10.4. The van der Waals surface area contributed by atoms with Crippen molar-refractivity contribution in [3.8, 4) is 0 Å². The molecule has 1 unspecified atom stereocenters. The number of amides is 1. The molecule has 1 amide bonds. The van der Waals surface area contributed by atoms with Gasteiger partial charge in [0.1, 0.15) is 11.9 Å². The summed E-state index contributed by atoms with van der Waals surface area (Å²) < 4.78 is 50.9. The quantitative estimate of drug-likeness (QED) is 0.831. The maximum absolute atomic E-state index is 13.1. The smallest absolute Gasteiger partial charge is 0.368 e. The predicted octanol–water partition coefficient (Wildman–Crippen LogP) is 2.37. The van der Waals surface area contributed by atoms with Crippen LogP contribution in [0.15, 0.2) is 18.2 Å². The van der Waals surface area contributed by atoms with Crippen LogP contribution in [-0.4, -0.2) is 11.9 Å². The molecule has 0 bridgehead atoms. The van der Waals surface area contributed by atoms with Crippen molar-refractivity contribution in [2.45, 2.75) is 32.1 Å². The Kier molecular flexibility index (Phi) is 4.52. The molecule has 0 aliphatic rings. The number of hydrogen-bond acceptors (Lipinski definition) is 2. The second kappa shape index (κ2) is 5.56. The number of benzene rings is 1. The Hall–Kier alpha value is -1.63. The highest BCUT2D eigenvalue weighted by atomic mass is 19.4. The van der Waals surface area contributed by atoms with Crippen LogP contribution >= 0.6 is 0 Å². The summed E-state index contributed by atoms with van der Waals surface area (Å²) in [6.45, 7) is 3.42. The molecule has 1 atom stereocenters. The van der Waals surface area contributed by atoms with Crippen LogP contribution in [0.3, 0.4) is 0 Å². The molecular formula is C12H14F4N2O. The van der Waals surface area contributed by atoms with Crippen molar-refractivity contribution < 1.29 is 22.4 Å². The van der Waals surface area contributed by atoms with Gasteiger partial charge in [-0.15, -0.1) is 0 Å². The van der Waals surface area contributed by atoms with Crippen LogP contribution < -0.4 is 11.1 Å². The number of hydrogen-bond donors (Lipinski definition) is 2. The highest BCUT2D eigenvalue weighted by Gasteiger charge is 2.35. The molecule has 3 nitrogen and oxygen atoms in total. The van der Waals surface area contributed by atoms with Crippen LogP contribution in [-0.2, 0) is 11.0 Å². The van der Waals surface area contributed by atoms with Crippen molar-refractivity contribution in [3.05, 3.63) is 35.1 Å². The molecule has 1 rings (SSSR count). The lowest BCUT2D eigenvalue weighted by Crippen LogP contribution is -2.37. The number of nitrogens with two attached hydrogens (primary N) is 1. The highest BCUT2D eigenvalue weighted by molar-refractivity contribution is 5.81. The summed E-state index contributed by atoms with van der Waals surface area (Å²) in [5.74, 6) is -2.21. The Balaban J connectivity index is 3.22. The molecule has 0 saturated heterocycles. The summed E-state index contributed by atoms with van der Waals surface area (Å²) in [4.78, 5) is 11.3. The largest absolute Gasteiger partial charge is 0.419 e. The van der Waals surface area contributed by atoms with Crippen molar-refractivity contribution in [1.82, 2.24) is 5.32 Å². The summed E-state index contributed by atoms with van der Waals surface area (Å²) in [5, 5.41) is 2.73. The molecule has 0 saturated carbocycles. The molecule has 0 heterocycles. The van der Waals surface area contributed by atoms with Gasteiger partial charge in [0, 0.05) is 6.04 Å². The number of halogens is 4. The normalized spacial score (nSPS) is 13.6. The average molecular weight is 278 g/mol. The van der Waals surface area contributed by atoms with E-state index in [1.165, 1.54) is 0 Å². The maximum atomic E-state index is 13.1. The molecule has 1 aromatic carbocycles. The van der Waals surface area contributed by atoms with Crippen molar-refractivity contribution in [2.75, 3.05) is 0 Å². The maximum Gasteiger partial charge on any atom is 0.419 e. The zero-order chi connectivity index (χ0) is 14.8. The Morgan fingerprint density at radius 1 is 1.32 bits per heavy atom. The van der Waals surface area contributed by atoms with Crippen LogP contribution in [0.4, 0.5) is 17.6 Å². The van der Waals surface area contributed by atoms with E-state index >= 15 is 0 Å². The van der Waals surface area contributed by atoms with Gasteiger partial charge in [0.05, 0.1) is 5.56 Å². The van der Waals surface area contributed by atoms with Crippen molar-refractivity contribution in [2.24, 2.45) is 5.73 Å². The Morgan fingerprint density at radius 3 is 2.32 bits per heavy atom. The fourth-order valence-electron chi connectivity index (χ4n) is 1.62. The first kappa shape index (κ1) is 15.4. The number of carbonyl (C=O) groups is 1. The van der Waals surface area contributed by atoms with Crippen molar-refractivity contribution in [1.29, 1.82) is 0 Å². The van der Waals surface area contributed by atoms with Crippen LogP contribution in [0.25, 0.3) is 0 Å². The van der Waals surface area contributed by atoms with Gasteiger partial charge in [0.15, 0.2) is 0 Å². The predicted molar refractivity (Wildman–Crippen MR) is 61.6 cm³/mol. The summed E-state index contributed by atoms with van der Waals surface area (Å²) in [6, 6.07) is 1.12. The molecule has 0 radical (unpaired) electrons. The molecule has 19 heavy (non-hydrogen) atoms. The van der Waals surface area contributed by atoms with E-state index in [2.05, 4.69) is 5.32 Å². The minimum absolute atomic E-state index is 0.0186. The summed E-state index contributed by atoms with van der Waals surface area (Å²) >= 11 is 0. The van der Waals surface area contributed by atoms with Crippen LogP contribution in [0.2, 0.25) is 0 Å². The lowest BCUT2D eigenvalue weighted by atomic mass is 10.0. The van der Waals surface area contributed by atoms with Gasteiger partial charge in [-0.3, -0.25) is 10.1 Å². The first-order valence-corrected chi connectivity index (χ1v) is 5.55. The lowest BCUT2D eigenvalue weighted by molar-refractivity contribution is -0.140. The third kappa shape index (κ3) is 3.92. The van der Waals surface area contributed by atoms with E-state index in [0.717, 1.165) is 6.07 Å². The van der Waals surface area contributed by atoms with Gasteiger partial charge < -0.3 is 5.73 Å². The van der Waals surface area contributed by atoms with Gasteiger partial charge in [-0.25, -0.2) is 4.39 Å². The Morgan fingerprint density at radius 2 is 1.89 bits per heavy atom. The van der Waals surface area contributed by atoms with Crippen LogP contribution in [0.5, 0.6) is 0 Å². The zero-order valence-electron chi connectivity index (χ0n) is 10.4. The highest BCUT2D eigenvalue weighted by Crippen LogP contribution is 2.33. The molecule has 0 aliphatic heterocycles. The molecule has 0 aliphatic carbocycles. The van der Waals surface area contributed by atoms with Crippen molar-refractivity contribution in [3.63, 3.8) is 0 Å². The molecule has 1 aromatic rings. The third-order valence-electron chi connectivity index (χ3n) is 2.41. The van der Waals surface area contributed by atoms with Crippen molar-refractivity contribution >= 4 is 5.91 Å². The molecule has 0 aromatic heterocycles. The third-order valence-corrected chi connectivity index (χ3v) is 2.41. The van der Waals surface area contributed by atoms with Gasteiger partial charge >= 0.3 is 6.18 Å². The van der Waals surface area contributed by atoms with E-state index < -0.39 is 29.5 Å². The van der Waals surface area contributed by atoms with E-state index in [4.69, 9.17) is 5.73 Å². The van der Waals surface area contributed by atoms with Gasteiger partial charge in [-0.05, 0) is 31.5 Å². The minimum atomic E-state index is -4.82. The van der Waals surface area contributed by atoms with Crippen LogP contribution in [0, 0.1) is 5.82 Å². The summed E-state index contributed by atoms with van der Waals surface area (Å²) in [5.41, 5.74) is 3.70. The molecule has 3 N–H and O–H groups in total. The Labute approximate surface area is 107 Å². The van der Waals surface area contributed by atoms with Gasteiger partial charge in [0.2, 0.25) is 5.91 Å².